The maximum atomic E-state index is 14.0. The molecule has 2 rings (SSSR count). The minimum absolute atomic E-state index is 0.0896. The van der Waals surface area contributed by atoms with Crippen LogP contribution in [0, 0.1) is 11.7 Å². The van der Waals surface area contributed by atoms with Gasteiger partial charge >= 0.3 is 0 Å². The maximum Gasteiger partial charge on any atom is 0.165 e. The van der Waals surface area contributed by atoms with Gasteiger partial charge in [-0.25, -0.2) is 4.39 Å². The second-order valence-corrected chi connectivity index (χ2v) is 5.68. The van der Waals surface area contributed by atoms with Crippen LogP contribution in [0.15, 0.2) is 18.2 Å². The Labute approximate surface area is 115 Å². The topological polar surface area (TPSA) is 21.3 Å². The van der Waals surface area contributed by atoms with Crippen molar-refractivity contribution in [3.8, 4) is 5.75 Å². The SMILES string of the molecule is CNC(C)c1cccc(F)c1OC1CCCC(C)C1. The molecule has 1 fully saturated rings. The fourth-order valence-electron chi connectivity index (χ4n) is 2.80. The van der Waals surface area contributed by atoms with E-state index in [1.54, 1.807) is 6.07 Å². The number of halogens is 1. The lowest BCUT2D eigenvalue weighted by atomic mass is 9.88. The van der Waals surface area contributed by atoms with Gasteiger partial charge in [0.2, 0.25) is 0 Å². The van der Waals surface area contributed by atoms with Crippen molar-refractivity contribution in [1.82, 2.24) is 5.32 Å². The zero-order chi connectivity index (χ0) is 13.8. The molecule has 0 aliphatic heterocycles. The van der Waals surface area contributed by atoms with Gasteiger partial charge in [-0.2, -0.15) is 0 Å². The Bertz CT molecular complexity index is 421. The van der Waals surface area contributed by atoms with Crippen LogP contribution in [0.25, 0.3) is 0 Å². The normalized spacial score (nSPS) is 25.1. The summed E-state index contributed by atoms with van der Waals surface area (Å²) >= 11 is 0. The Balaban J connectivity index is 2.18. The first-order chi connectivity index (χ1) is 9.11. The molecule has 106 valence electrons. The van der Waals surface area contributed by atoms with Gasteiger partial charge in [-0.3, -0.25) is 0 Å². The summed E-state index contributed by atoms with van der Waals surface area (Å²) < 4.78 is 20.0. The van der Waals surface area contributed by atoms with Crippen molar-refractivity contribution >= 4 is 0 Å². The highest BCUT2D eigenvalue weighted by molar-refractivity contribution is 5.37. The molecule has 0 spiro atoms. The summed E-state index contributed by atoms with van der Waals surface area (Å²) in [5, 5.41) is 3.15. The number of hydrogen-bond acceptors (Lipinski definition) is 2. The Hall–Kier alpha value is -1.09. The van der Waals surface area contributed by atoms with Gasteiger partial charge < -0.3 is 10.1 Å². The van der Waals surface area contributed by atoms with Gasteiger partial charge in [0.05, 0.1) is 6.10 Å². The minimum Gasteiger partial charge on any atom is -0.487 e. The van der Waals surface area contributed by atoms with E-state index in [4.69, 9.17) is 4.74 Å². The third kappa shape index (κ3) is 3.47. The predicted molar refractivity (Wildman–Crippen MR) is 75.9 cm³/mol. The highest BCUT2D eigenvalue weighted by atomic mass is 19.1. The molecule has 2 nitrogen and oxygen atoms in total. The molecule has 1 aromatic rings. The molecule has 3 unspecified atom stereocenters. The molecule has 1 aromatic carbocycles. The summed E-state index contributed by atoms with van der Waals surface area (Å²) in [7, 11) is 1.88. The molecule has 1 saturated carbocycles. The molecule has 1 N–H and O–H groups in total. The molecule has 19 heavy (non-hydrogen) atoms. The Morgan fingerprint density at radius 2 is 2.16 bits per heavy atom. The lowest BCUT2D eigenvalue weighted by Gasteiger charge is -2.29. The van der Waals surface area contributed by atoms with Gasteiger partial charge in [0.25, 0.3) is 0 Å². The third-order valence-electron chi connectivity index (χ3n) is 4.07. The van der Waals surface area contributed by atoms with Crippen LogP contribution < -0.4 is 10.1 Å². The van der Waals surface area contributed by atoms with Gasteiger partial charge in [0.15, 0.2) is 11.6 Å². The number of rotatable bonds is 4. The second kappa shape index (κ2) is 6.38. The summed E-state index contributed by atoms with van der Waals surface area (Å²) in [6, 6.07) is 5.25. The number of hydrogen-bond donors (Lipinski definition) is 1. The average Bonchev–Trinajstić information content (AvgIpc) is 2.40. The predicted octanol–water partition coefficient (Wildman–Crippen LogP) is 4.06. The molecule has 0 radical (unpaired) electrons. The van der Waals surface area contributed by atoms with Crippen molar-refractivity contribution in [2.75, 3.05) is 7.05 Å². The summed E-state index contributed by atoms with van der Waals surface area (Å²) in [4.78, 5) is 0. The zero-order valence-corrected chi connectivity index (χ0v) is 12.1. The van der Waals surface area contributed by atoms with Crippen LogP contribution in [-0.2, 0) is 0 Å². The maximum absolute atomic E-state index is 14.0. The molecule has 0 bridgehead atoms. The van der Waals surface area contributed by atoms with Gasteiger partial charge in [-0.15, -0.1) is 0 Å². The monoisotopic (exact) mass is 265 g/mol. The molecule has 0 heterocycles. The molecule has 0 amide bonds. The van der Waals surface area contributed by atoms with Gasteiger partial charge in [-0.1, -0.05) is 25.5 Å². The molecule has 0 aromatic heterocycles. The van der Waals surface area contributed by atoms with Gasteiger partial charge in [-0.05, 0) is 45.2 Å². The number of para-hydroxylation sites is 1. The first-order valence-electron chi connectivity index (χ1n) is 7.24. The minimum atomic E-state index is -0.252. The van der Waals surface area contributed by atoms with E-state index in [0.29, 0.717) is 11.7 Å². The van der Waals surface area contributed by atoms with Gasteiger partial charge in [0.1, 0.15) is 0 Å². The molecule has 1 aliphatic rings. The first-order valence-corrected chi connectivity index (χ1v) is 7.24. The second-order valence-electron chi connectivity index (χ2n) is 5.68. The molecule has 3 atom stereocenters. The number of nitrogens with one attached hydrogen (secondary N) is 1. The summed E-state index contributed by atoms with van der Waals surface area (Å²) in [6.45, 7) is 4.26. The van der Waals surface area contributed by atoms with Crippen LogP contribution in [0.4, 0.5) is 4.39 Å². The highest BCUT2D eigenvalue weighted by Gasteiger charge is 2.23. The molecule has 0 saturated heterocycles. The Kier molecular flexibility index (Phi) is 4.81. The standard InChI is InChI=1S/C16H24FNO/c1-11-6-4-7-13(10-11)19-16-14(12(2)18-3)8-5-9-15(16)17/h5,8-9,11-13,18H,4,6-7,10H2,1-3H3. The van der Waals surface area contributed by atoms with E-state index in [2.05, 4.69) is 12.2 Å². The number of benzene rings is 1. The molecular weight excluding hydrogens is 241 g/mol. The zero-order valence-electron chi connectivity index (χ0n) is 12.1. The average molecular weight is 265 g/mol. The van der Waals surface area contributed by atoms with Crippen LogP contribution in [-0.4, -0.2) is 13.2 Å². The Morgan fingerprint density at radius 1 is 1.37 bits per heavy atom. The quantitative estimate of drug-likeness (QED) is 0.886. The van der Waals surface area contributed by atoms with E-state index in [1.165, 1.54) is 18.9 Å². The van der Waals surface area contributed by atoms with Gasteiger partial charge in [0, 0.05) is 11.6 Å². The lowest BCUT2D eigenvalue weighted by Crippen LogP contribution is -2.25. The van der Waals surface area contributed by atoms with Crippen molar-refractivity contribution in [2.24, 2.45) is 5.92 Å². The fraction of sp³-hybridized carbons (Fsp3) is 0.625. The van der Waals surface area contributed by atoms with Crippen LogP contribution >= 0.6 is 0 Å². The van der Waals surface area contributed by atoms with Crippen molar-refractivity contribution in [1.29, 1.82) is 0 Å². The van der Waals surface area contributed by atoms with Crippen LogP contribution in [0.3, 0.4) is 0 Å². The van der Waals surface area contributed by atoms with Crippen molar-refractivity contribution in [3.05, 3.63) is 29.6 Å². The summed E-state index contributed by atoms with van der Waals surface area (Å²) in [5.74, 6) is 0.858. The van der Waals surface area contributed by atoms with Crippen molar-refractivity contribution < 1.29 is 9.13 Å². The van der Waals surface area contributed by atoms with Crippen molar-refractivity contribution in [2.45, 2.75) is 51.7 Å². The third-order valence-corrected chi connectivity index (χ3v) is 4.07. The largest absolute Gasteiger partial charge is 0.487 e. The van der Waals surface area contributed by atoms with E-state index < -0.39 is 0 Å². The molecule has 1 aliphatic carbocycles. The summed E-state index contributed by atoms with van der Waals surface area (Å²) in [6.07, 6.45) is 4.66. The van der Waals surface area contributed by atoms with Crippen LogP contribution in [0.2, 0.25) is 0 Å². The fourth-order valence-corrected chi connectivity index (χ4v) is 2.80. The van der Waals surface area contributed by atoms with E-state index in [0.717, 1.165) is 18.4 Å². The van der Waals surface area contributed by atoms with E-state index in [-0.39, 0.29) is 18.0 Å². The summed E-state index contributed by atoms with van der Waals surface area (Å²) in [5.41, 5.74) is 0.903. The smallest absolute Gasteiger partial charge is 0.165 e. The van der Waals surface area contributed by atoms with Crippen LogP contribution in [0.1, 0.15) is 51.1 Å². The van der Waals surface area contributed by atoms with E-state index >= 15 is 0 Å². The lowest BCUT2D eigenvalue weighted by molar-refractivity contribution is 0.122. The van der Waals surface area contributed by atoms with E-state index in [9.17, 15) is 4.39 Å². The number of ether oxygens (including phenoxy) is 1. The van der Waals surface area contributed by atoms with Crippen LogP contribution in [0.5, 0.6) is 5.75 Å². The van der Waals surface area contributed by atoms with E-state index in [1.807, 2.05) is 20.0 Å². The molecule has 3 heteroatoms. The van der Waals surface area contributed by atoms with Crippen molar-refractivity contribution in [3.63, 3.8) is 0 Å². The highest BCUT2D eigenvalue weighted by Crippen LogP contribution is 2.33. The molecular formula is C16H24FNO. The first kappa shape index (κ1) is 14.3. The Morgan fingerprint density at radius 3 is 2.84 bits per heavy atom.